The number of nitriles is 1. The Hall–Kier alpha value is -2.97. The summed E-state index contributed by atoms with van der Waals surface area (Å²) in [6.45, 7) is 1.46. The van der Waals surface area contributed by atoms with E-state index in [2.05, 4.69) is 6.07 Å². The Labute approximate surface area is 169 Å². The van der Waals surface area contributed by atoms with E-state index in [0.29, 0.717) is 5.03 Å². The van der Waals surface area contributed by atoms with Crippen molar-refractivity contribution in [1.29, 1.82) is 5.26 Å². The summed E-state index contributed by atoms with van der Waals surface area (Å²) < 4.78 is 0. The molecular weight excluding hydrogens is 366 g/mol. The Morgan fingerprint density at radius 2 is 1.57 bits per heavy atom. The van der Waals surface area contributed by atoms with Crippen LogP contribution in [0.5, 0.6) is 0 Å². The third kappa shape index (κ3) is 3.56. The van der Waals surface area contributed by atoms with E-state index < -0.39 is 0 Å². The lowest BCUT2D eigenvalue weighted by Crippen LogP contribution is -2.37. The van der Waals surface area contributed by atoms with E-state index in [9.17, 15) is 10.1 Å². The summed E-state index contributed by atoms with van der Waals surface area (Å²) in [5, 5.41) is 12.6. The summed E-state index contributed by atoms with van der Waals surface area (Å²) in [4.78, 5) is 17.0. The number of hydrogen-bond acceptors (Lipinski definition) is 4. The predicted octanol–water partition coefficient (Wildman–Crippen LogP) is 4.99. The lowest BCUT2D eigenvalue weighted by molar-refractivity contribution is -0.127. The van der Waals surface area contributed by atoms with E-state index in [-0.39, 0.29) is 11.5 Å². The molecule has 1 fully saturated rings. The third-order valence-electron chi connectivity index (χ3n) is 4.99. The fourth-order valence-corrected chi connectivity index (χ4v) is 4.60. The molecule has 5 heteroatoms. The predicted molar refractivity (Wildman–Crippen MR) is 114 cm³/mol. The molecule has 0 bridgehead atoms. The van der Waals surface area contributed by atoms with Crippen LogP contribution in [0.15, 0.2) is 76.7 Å². The number of rotatable bonds is 3. The molecule has 1 saturated heterocycles. The molecule has 28 heavy (non-hydrogen) atoms. The van der Waals surface area contributed by atoms with Gasteiger partial charge in [-0.2, -0.15) is 5.26 Å². The number of likely N-dealkylation sites (tertiary alicyclic amines) is 1. The highest BCUT2D eigenvalue weighted by Gasteiger charge is 2.32. The van der Waals surface area contributed by atoms with Crippen molar-refractivity contribution in [2.45, 2.75) is 19.3 Å². The first-order chi connectivity index (χ1) is 13.8. The quantitative estimate of drug-likeness (QED) is 0.550. The molecule has 0 aliphatic carbocycles. The third-order valence-corrected chi connectivity index (χ3v) is 5.94. The van der Waals surface area contributed by atoms with Crippen LogP contribution < -0.4 is 4.90 Å². The van der Waals surface area contributed by atoms with E-state index in [1.807, 2.05) is 75.9 Å². The minimum absolute atomic E-state index is 0.159. The summed E-state index contributed by atoms with van der Waals surface area (Å²) >= 11 is 1.45. The number of anilines is 1. The first-order valence-corrected chi connectivity index (χ1v) is 10.4. The van der Waals surface area contributed by atoms with Gasteiger partial charge >= 0.3 is 0 Å². The van der Waals surface area contributed by atoms with Crippen molar-refractivity contribution in [3.05, 3.63) is 82.2 Å². The summed E-state index contributed by atoms with van der Waals surface area (Å²) in [5.41, 5.74) is 3.19. The van der Waals surface area contributed by atoms with Crippen LogP contribution in [0.25, 0.3) is 5.70 Å². The molecule has 1 amide bonds. The molecule has 0 spiro atoms. The Bertz CT molecular complexity index is 954. The van der Waals surface area contributed by atoms with Crippen molar-refractivity contribution in [2.75, 3.05) is 18.0 Å². The average molecular weight is 388 g/mol. The molecular formula is C23H21N3OS. The highest BCUT2D eigenvalue weighted by atomic mass is 32.2. The van der Waals surface area contributed by atoms with Crippen LogP contribution in [-0.4, -0.2) is 23.9 Å². The summed E-state index contributed by atoms with van der Waals surface area (Å²) in [5.74, 6) is -0.159. The van der Waals surface area contributed by atoms with Gasteiger partial charge < -0.3 is 9.80 Å². The number of para-hydroxylation sites is 1. The molecule has 0 radical (unpaired) electrons. The minimum Gasteiger partial charge on any atom is -0.338 e. The van der Waals surface area contributed by atoms with Gasteiger partial charge in [0.2, 0.25) is 0 Å². The van der Waals surface area contributed by atoms with Crippen molar-refractivity contribution in [2.24, 2.45) is 0 Å². The van der Waals surface area contributed by atoms with Crippen LogP contribution in [0.4, 0.5) is 5.69 Å². The highest BCUT2D eigenvalue weighted by molar-refractivity contribution is 8.06. The molecule has 2 aromatic rings. The van der Waals surface area contributed by atoms with Crippen LogP contribution >= 0.6 is 11.8 Å². The van der Waals surface area contributed by atoms with E-state index >= 15 is 0 Å². The van der Waals surface area contributed by atoms with Crippen molar-refractivity contribution >= 4 is 29.1 Å². The Kier molecular flexibility index (Phi) is 5.50. The molecule has 0 N–H and O–H groups in total. The number of amides is 1. The largest absolute Gasteiger partial charge is 0.338 e. The molecule has 4 rings (SSSR count). The van der Waals surface area contributed by atoms with Gasteiger partial charge in [0.25, 0.3) is 5.91 Å². The second-order valence-corrected chi connectivity index (χ2v) is 7.66. The van der Waals surface area contributed by atoms with Crippen LogP contribution in [-0.2, 0) is 4.79 Å². The number of carbonyl (C=O) groups excluding carboxylic acids is 1. The van der Waals surface area contributed by atoms with Crippen LogP contribution in [0.2, 0.25) is 0 Å². The number of benzene rings is 2. The van der Waals surface area contributed by atoms with Crippen molar-refractivity contribution in [1.82, 2.24) is 4.90 Å². The second kappa shape index (κ2) is 8.37. The van der Waals surface area contributed by atoms with E-state index in [0.717, 1.165) is 49.3 Å². The topological polar surface area (TPSA) is 47.3 Å². The maximum atomic E-state index is 13.1. The fraction of sp³-hybridized carbons (Fsp3) is 0.217. The number of nitrogens with zero attached hydrogens (tertiary/aromatic N) is 3. The van der Waals surface area contributed by atoms with Gasteiger partial charge in [-0.3, -0.25) is 4.79 Å². The maximum Gasteiger partial charge on any atom is 0.267 e. The number of thioether (sulfide) groups is 1. The van der Waals surface area contributed by atoms with Gasteiger partial charge in [-0.25, -0.2) is 0 Å². The van der Waals surface area contributed by atoms with Crippen molar-refractivity contribution < 1.29 is 4.79 Å². The molecule has 0 atom stereocenters. The molecule has 2 aromatic carbocycles. The molecule has 2 aliphatic rings. The standard InChI is InChI=1S/C23H21N3OS/c24-16-20(22(27)25-14-8-3-9-15-25)23-26(19-12-6-2-7-13-19)21(17-28-23)18-10-4-1-5-11-18/h1-2,4-7,10-13,17H,3,8-9,14-15H2. The van der Waals surface area contributed by atoms with Gasteiger partial charge in [-0.15, -0.1) is 0 Å². The lowest BCUT2D eigenvalue weighted by atomic mass is 10.1. The summed E-state index contributed by atoms with van der Waals surface area (Å²) in [7, 11) is 0. The van der Waals surface area contributed by atoms with Gasteiger partial charge in [-0.1, -0.05) is 60.3 Å². The Morgan fingerprint density at radius 3 is 2.21 bits per heavy atom. The van der Waals surface area contributed by atoms with E-state index in [1.165, 1.54) is 11.8 Å². The van der Waals surface area contributed by atoms with E-state index in [4.69, 9.17) is 0 Å². The molecule has 0 unspecified atom stereocenters. The zero-order valence-corrected chi connectivity index (χ0v) is 16.4. The number of piperidine rings is 1. The summed E-state index contributed by atoms with van der Waals surface area (Å²) in [6.07, 6.45) is 3.15. The molecule has 2 heterocycles. The molecule has 140 valence electrons. The fourth-order valence-electron chi connectivity index (χ4n) is 3.58. The van der Waals surface area contributed by atoms with Gasteiger partial charge in [0, 0.05) is 24.2 Å². The average Bonchev–Trinajstić information content (AvgIpc) is 3.21. The smallest absolute Gasteiger partial charge is 0.267 e. The first kappa shape index (κ1) is 18.4. The molecule has 2 aliphatic heterocycles. The normalized spacial score (nSPS) is 18.5. The van der Waals surface area contributed by atoms with Crippen LogP contribution in [0, 0.1) is 11.3 Å². The van der Waals surface area contributed by atoms with Gasteiger partial charge in [0.15, 0.2) is 0 Å². The number of hydrogen-bond donors (Lipinski definition) is 0. The summed E-state index contributed by atoms with van der Waals surface area (Å²) in [6, 6.07) is 22.2. The first-order valence-electron chi connectivity index (χ1n) is 9.50. The Balaban J connectivity index is 1.78. The molecule has 4 nitrogen and oxygen atoms in total. The molecule has 0 aromatic heterocycles. The molecule has 0 saturated carbocycles. The van der Waals surface area contributed by atoms with E-state index in [1.54, 1.807) is 0 Å². The van der Waals surface area contributed by atoms with Crippen molar-refractivity contribution in [3.8, 4) is 6.07 Å². The zero-order valence-electron chi connectivity index (χ0n) is 15.5. The van der Waals surface area contributed by atoms with Gasteiger partial charge in [-0.05, 0) is 37.0 Å². The Morgan fingerprint density at radius 1 is 0.929 bits per heavy atom. The zero-order chi connectivity index (χ0) is 19.3. The monoisotopic (exact) mass is 387 g/mol. The minimum atomic E-state index is -0.159. The highest BCUT2D eigenvalue weighted by Crippen LogP contribution is 2.44. The SMILES string of the molecule is N#CC(C(=O)N1CCCCC1)=C1SC=C(c2ccccc2)N1c1ccccc1. The van der Waals surface area contributed by atoms with Gasteiger partial charge in [0.1, 0.15) is 16.7 Å². The van der Waals surface area contributed by atoms with Gasteiger partial charge in [0.05, 0.1) is 5.70 Å². The van der Waals surface area contributed by atoms with Crippen LogP contribution in [0.3, 0.4) is 0 Å². The van der Waals surface area contributed by atoms with Crippen molar-refractivity contribution in [3.63, 3.8) is 0 Å². The van der Waals surface area contributed by atoms with Crippen LogP contribution in [0.1, 0.15) is 24.8 Å². The second-order valence-electron chi connectivity index (χ2n) is 6.80. The maximum absolute atomic E-state index is 13.1. The lowest BCUT2D eigenvalue weighted by Gasteiger charge is -2.29. The number of carbonyl (C=O) groups is 1.